The maximum absolute atomic E-state index is 11.8. The second-order valence-corrected chi connectivity index (χ2v) is 4.23. The van der Waals surface area contributed by atoms with E-state index in [0.29, 0.717) is 30.3 Å². The fourth-order valence-electron chi connectivity index (χ4n) is 1.66. The highest BCUT2D eigenvalue weighted by molar-refractivity contribution is 5.96. The van der Waals surface area contributed by atoms with Crippen molar-refractivity contribution >= 4 is 17.5 Å². The summed E-state index contributed by atoms with van der Waals surface area (Å²) in [5.41, 5.74) is 9.13. The van der Waals surface area contributed by atoms with Crippen LogP contribution in [0.25, 0.3) is 0 Å². The lowest BCUT2D eigenvalue weighted by atomic mass is 10.2. The van der Waals surface area contributed by atoms with E-state index in [0.717, 1.165) is 0 Å². The van der Waals surface area contributed by atoms with Crippen LogP contribution in [0.1, 0.15) is 10.4 Å². The van der Waals surface area contributed by atoms with Crippen LogP contribution in [0.15, 0.2) is 36.7 Å². The van der Waals surface area contributed by atoms with Crippen molar-refractivity contribution in [2.75, 3.05) is 25.4 Å². The molecule has 20 heavy (non-hydrogen) atoms. The molecule has 1 fully saturated rings. The van der Waals surface area contributed by atoms with Crippen LogP contribution >= 0.6 is 0 Å². The lowest BCUT2D eigenvalue weighted by Gasteiger charge is -2.17. The quantitative estimate of drug-likeness (QED) is 0.664. The van der Waals surface area contributed by atoms with Gasteiger partial charge < -0.3 is 15.8 Å². The van der Waals surface area contributed by atoms with E-state index < -0.39 is 0 Å². The molecule has 2 rings (SSSR count). The van der Waals surface area contributed by atoms with Gasteiger partial charge in [-0.2, -0.15) is 0 Å². The number of carbonyl (C=O) groups excluding carboxylic acids is 2. The molecule has 0 aliphatic carbocycles. The summed E-state index contributed by atoms with van der Waals surface area (Å²) in [6.45, 7) is 4.52. The predicted octanol–water partition coefficient (Wildman–Crippen LogP) is -0.167. The summed E-state index contributed by atoms with van der Waals surface area (Å²) >= 11 is 0. The van der Waals surface area contributed by atoms with Gasteiger partial charge in [-0.15, -0.1) is 0 Å². The summed E-state index contributed by atoms with van der Waals surface area (Å²) in [6, 6.07) is 6.44. The van der Waals surface area contributed by atoms with Crippen molar-refractivity contribution in [3.63, 3.8) is 0 Å². The van der Waals surface area contributed by atoms with Gasteiger partial charge in [0.2, 0.25) is 5.88 Å². The molecule has 1 aliphatic rings. The topological polar surface area (TPSA) is 96.7 Å². The van der Waals surface area contributed by atoms with Crippen LogP contribution in [0.3, 0.4) is 0 Å². The molecule has 0 radical (unpaired) electrons. The van der Waals surface area contributed by atoms with Gasteiger partial charge in [0, 0.05) is 11.3 Å². The van der Waals surface area contributed by atoms with Gasteiger partial charge >= 0.3 is 0 Å². The molecular formula is C13H16N4O3. The Balaban J connectivity index is 1.79. The summed E-state index contributed by atoms with van der Waals surface area (Å²) in [7, 11) is 0. The number of amides is 2. The maximum Gasteiger partial charge on any atom is 0.257 e. The Morgan fingerprint density at radius 2 is 2.05 bits per heavy atom. The van der Waals surface area contributed by atoms with Crippen molar-refractivity contribution < 1.29 is 14.3 Å². The van der Waals surface area contributed by atoms with E-state index in [1.54, 1.807) is 24.3 Å². The van der Waals surface area contributed by atoms with E-state index in [1.165, 1.54) is 5.01 Å². The van der Waals surface area contributed by atoms with Gasteiger partial charge in [0.1, 0.15) is 6.61 Å². The summed E-state index contributed by atoms with van der Waals surface area (Å²) in [4.78, 5) is 23.4. The van der Waals surface area contributed by atoms with E-state index in [9.17, 15) is 9.59 Å². The SMILES string of the molecule is C=C1OCCN1NC(=O)CNC(=O)c1ccc(N)cc1. The predicted molar refractivity (Wildman–Crippen MR) is 73.1 cm³/mol. The first kappa shape index (κ1) is 13.7. The van der Waals surface area contributed by atoms with Gasteiger partial charge in [0.05, 0.1) is 13.1 Å². The van der Waals surface area contributed by atoms with Crippen LogP contribution in [0.4, 0.5) is 5.69 Å². The monoisotopic (exact) mass is 276 g/mol. The molecule has 0 bridgehead atoms. The Labute approximate surface area is 116 Å². The first-order chi connectivity index (χ1) is 9.56. The molecule has 0 unspecified atom stereocenters. The van der Waals surface area contributed by atoms with Gasteiger partial charge in [-0.3, -0.25) is 20.0 Å². The highest BCUT2D eigenvalue weighted by Gasteiger charge is 2.18. The summed E-state index contributed by atoms with van der Waals surface area (Å²) < 4.78 is 5.09. The summed E-state index contributed by atoms with van der Waals surface area (Å²) in [6.07, 6.45) is 0. The fourth-order valence-corrected chi connectivity index (χ4v) is 1.66. The number of rotatable bonds is 4. The molecule has 0 spiro atoms. The van der Waals surface area contributed by atoms with Gasteiger partial charge in [-0.1, -0.05) is 0 Å². The Morgan fingerprint density at radius 3 is 2.65 bits per heavy atom. The third-order valence-corrected chi connectivity index (χ3v) is 2.73. The zero-order valence-corrected chi connectivity index (χ0v) is 10.9. The van der Waals surface area contributed by atoms with Crippen LogP contribution in [0.5, 0.6) is 0 Å². The molecule has 1 saturated heterocycles. The van der Waals surface area contributed by atoms with Gasteiger partial charge in [-0.25, -0.2) is 0 Å². The highest BCUT2D eigenvalue weighted by Crippen LogP contribution is 2.07. The second-order valence-electron chi connectivity index (χ2n) is 4.23. The molecule has 2 amide bonds. The number of hydrogen-bond acceptors (Lipinski definition) is 5. The number of nitrogens with two attached hydrogens (primary N) is 1. The minimum atomic E-state index is -0.347. The molecule has 0 aromatic heterocycles. The number of nitrogen functional groups attached to an aromatic ring is 1. The van der Waals surface area contributed by atoms with Crippen molar-refractivity contribution in [2.24, 2.45) is 0 Å². The van der Waals surface area contributed by atoms with Crippen molar-refractivity contribution in [1.82, 2.24) is 15.8 Å². The number of hydrazine groups is 1. The lowest BCUT2D eigenvalue weighted by molar-refractivity contribution is -0.124. The van der Waals surface area contributed by atoms with E-state index in [2.05, 4.69) is 17.3 Å². The van der Waals surface area contributed by atoms with Crippen LogP contribution in [0.2, 0.25) is 0 Å². The smallest absolute Gasteiger partial charge is 0.257 e. The minimum absolute atomic E-state index is 0.132. The number of nitrogens with one attached hydrogen (secondary N) is 2. The van der Waals surface area contributed by atoms with Gasteiger partial charge in [-0.05, 0) is 30.8 Å². The molecule has 1 aliphatic heterocycles. The largest absolute Gasteiger partial charge is 0.476 e. The molecule has 0 saturated carbocycles. The molecule has 7 heteroatoms. The zero-order valence-electron chi connectivity index (χ0n) is 10.9. The second kappa shape index (κ2) is 5.96. The average molecular weight is 276 g/mol. The molecule has 1 aromatic rings. The average Bonchev–Trinajstić information content (AvgIpc) is 2.82. The molecule has 4 N–H and O–H groups in total. The third-order valence-electron chi connectivity index (χ3n) is 2.73. The molecule has 0 atom stereocenters. The molecule has 7 nitrogen and oxygen atoms in total. The van der Waals surface area contributed by atoms with E-state index in [1.807, 2.05) is 0 Å². The van der Waals surface area contributed by atoms with E-state index in [-0.39, 0.29) is 18.4 Å². The third kappa shape index (κ3) is 3.41. The van der Waals surface area contributed by atoms with E-state index >= 15 is 0 Å². The maximum atomic E-state index is 11.8. The molecule has 1 heterocycles. The fraction of sp³-hybridized carbons (Fsp3) is 0.231. The van der Waals surface area contributed by atoms with Crippen LogP contribution in [-0.4, -0.2) is 36.5 Å². The molecular weight excluding hydrogens is 260 g/mol. The van der Waals surface area contributed by atoms with Crippen LogP contribution < -0.4 is 16.5 Å². The minimum Gasteiger partial charge on any atom is -0.476 e. The Kier molecular flexibility index (Phi) is 4.09. The Morgan fingerprint density at radius 1 is 1.35 bits per heavy atom. The number of anilines is 1. The normalized spacial score (nSPS) is 13.8. The number of carbonyl (C=O) groups is 2. The number of hydrogen-bond donors (Lipinski definition) is 3. The first-order valence-corrected chi connectivity index (χ1v) is 6.09. The Hall–Kier alpha value is -2.70. The molecule has 106 valence electrons. The van der Waals surface area contributed by atoms with Crippen molar-refractivity contribution in [1.29, 1.82) is 0 Å². The zero-order chi connectivity index (χ0) is 14.5. The first-order valence-electron chi connectivity index (χ1n) is 6.09. The standard InChI is InChI=1S/C13H16N4O3/c1-9-17(6-7-20-9)16-12(18)8-15-13(19)10-2-4-11(14)5-3-10/h2-5H,1,6-8,14H2,(H,15,19)(H,16,18). The van der Waals surface area contributed by atoms with E-state index in [4.69, 9.17) is 10.5 Å². The summed E-state index contributed by atoms with van der Waals surface area (Å²) in [5.74, 6) is -0.291. The van der Waals surface area contributed by atoms with Crippen LogP contribution in [0, 0.1) is 0 Å². The summed E-state index contributed by atoms with van der Waals surface area (Å²) in [5, 5.41) is 4.02. The molecule has 1 aromatic carbocycles. The van der Waals surface area contributed by atoms with Crippen molar-refractivity contribution in [3.8, 4) is 0 Å². The van der Waals surface area contributed by atoms with Gasteiger partial charge in [0.15, 0.2) is 0 Å². The number of nitrogens with zero attached hydrogens (tertiary/aromatic N) is 1. The van der Waals surface area contributed by atoms with Crippen LogP contribution in [-0.2, 0) is 9.53 Å². The number of ether oxygens (including phenoxy) is 1. The van der Waals surface area contributed by atoms with Gasteiger partial charge in [0.25, 0.3) is 11.8 Å². The lowest BCUT2D eigenvalue weighted by Crippen LogP contribution is -2.44. The highest BCUT2D eigenvalue weighted by atomic mass is 16.5. The van der Waals surface area contributed by atoms with Crippen molar-refractivity contribution in [2.45, 2.75) is 0 Å². The van der Waals surface area contributed by atoms with Crippen molar-refractivity contribution in [3.05, 3.63) is 42.3 Å². The Bertz CT molecular complexity index is 527. The number of benzene rings is 1.